The summed E-state index contributed by atoms with van der Waals surface area (Å²) < 4.78 is 4.79. The van der Waals surface area contributed by atoms with Gasteiger partial charge in [-0.05, 0) is 81.0 Å². The number of carbonyl (C=O) groups excluding carboxylic acids is 3. The van der Waals surface area contributed by atoms with Gasteiger partial charge < -0.3 is 25.4 Å². The zero-order valence-corrected chi connectivity index (χ0v) is 23.7. The number of carbonyl (C=O) groups is 3. The third-order valence-corrected chi connectivity index (χ3v) is 10.5. The Hall–Kier alpha value is -3.04. The third kappa shape index (κ3) is 4.69. The first-order chi connectivity index (χ1) is 18.7. The maximum atomic E-state index is 14.0. The molecule has 8 nitrogen and oxygen atoms in total. The van der Waals surface area contributed by atoms with Gasteiger partial charge in [0.15, 0.2) is 0 Å². The zero-order valence-electron chi connectivity index (χ0n) is 22.9. The van der Waals surface area contributed by atoms with E-state index in [9.17, 15) is 19.5 Å². The maximum absolute atomic E-state index is 14.0. The van der Waals surface area contributed by atoms with Crippen LogP contribution >= 0.6 is 11.8 Å². The summed E-state index contributed by atoms with van der Waals surface area (Å²) in [5.41, 5.74) is 3.34. The summed E-state index contributed by atoms with van der Waals surface area (Å²) in [7, 11) is 0. The Labute approximate surface area is 233 Å². The number of aliphatic hydroxyl groups excluding tert-OH is 1. The van der Waals surface area contributed by atoms with Gasteiger partial charge in [0.05, 0.1) is 23.2 Å². The van der Waals surface area contributed by atoms with Crippen LogP contribution in [-0.2, 0) is 14.4 Å². The van der Waals surface area contributed by atoms with E-state index in [-0.39, 0.29) is 42.0 Å². The Balaban J connectivity index is 1.46. The van der Waals surface area contributed by atoms with E-state index in [0.717, 1.165) is 29.0 Å². The van der Waals surface area contributed by atoms with Gasteiger partial charge in [-0.2, -0.15) is 0 Å². The molecular weight excluding hydrogens is 514 g/mol. The third-order valence-electron chi connectivity index (χ3n) is 8.44. The average molecular weight is 552 g/mol. The molecule has 208 valence electrons. The molecule has 6 atom stereocenters. The summed E-state index contributed by atoms with van der Waals surface area (Å²) in [6.07, 6.45) is 1.13. The van der Waals surface area contributed by atoms with Crippen LogP contribution in [0.1, 0.15) is 37.8 Å². The fourth-order valence-electron chi connectivity index (χ4n) is 6.70. The molecule has 5 rings (SSSR count). The van der Waals surface area contributed by atoms with Crippen LogP contribution in [0.3, 0.4) is 0 Å². The summed E-state index contributed by atoms with van der Waals surface area (Å²) in [5.74, 6) is -0.941. The monoisotopic (exact) mass is 551 g/mol. The molecule has 3 aliphatic rings. The molecule has 3 amide bonds. The molecule has 3 heterocycles. The van der Waals surface area contributed by atoms with Crippen molar-refractivity contribution in [3.8, 4) is 5.75 Å². The first-order valence-corrected chi connectivity index (χ1v) is 14.6. The van der Waals surface area contributed by atoms with Crippen molar-refractivity contribution in [2.45, 2.75) is 56.6 Å². The van der Waals surface area contributed by atoms with Gasteiger partial charge in [0.2, 0.25) is 17.7 Å². The summed E-state index contributed by atoms with van der Waals surface area (Å²) >= 11 is 1.64. The van der Waals surface area contributed by atoms with Crippen LogP contribution in [0, 0.1) is 31.6 Å². The second-order valence-corrected chi connectivity index (χ2v) is 12.5. The Morgan fingerprint density at radius 2 is 1.87 bits per heavy atom. The zero-order chi connectivity index (χ0) is 27.9. The minimum Gasteiger partial charge on any atom is -0.494 e. The predicted octanol–water partition coefficient (Wildman–Crippen LogP) is 4.00. The lowest BCUT2D eigenvalue weighted by Gasteiger charge is -2.38. The number of likely N-dealkylation sites (tertiary alicyclic amines) is 1. The van der Waals surface area contributed by atoms with Crippen LogP contribution in [0.5, 0.6) is 5.75 Å². The van der Waals surface area contributed by atoms with Gasteiger partial charge in [-0.25, -0.2) is 0 Å². The van der Waals surface area contributed by atoms with E-state index >= 15 is 0 Å². The molecule has 9 heteroatoms. The quantitative estimate of drug-likeness (QED) is 0.435. The van der Waals surface area contributed by atoms with Crippen molar-refractivity contribution in [1.82, 2.24) is 4.90 Å². The highest BCUT2D eigenvalue weighted by Gasteiger charge is 2.75. The minimum atomic E-state index is -0.727. The van der Waals surface area contributed by atoms with Crippen LogP contribution in [0.15, 0.2) is 42.5 Å². The highest BCUT2D eigenvalue weighted by atomic mass is 32.2. The Kier molecular flexibility index (Phi) is 7.66. The van der Waals surface area contributed by atoms with Crippen LogP contribution < -0.4 is 15.4 Å². The topological polar surface area (TPSA) is 108 Å². The van der Waals surface area contributed by atoms with E-state index in [0.29, 0.717) is 18.7 Å². The number of aryl methyl sites for hydroxylation is 2. The highest BCUT2D eigenvalue weighted by molar-refractivity contribution is 8.02. The summed E-state index contributed by atoms with van der Waals surface area (Å²) in [4.78, 5) is 43.4. The Morgan fingerprint density at radius 3 is 2.56 bits per heavy atom. The number of anilines is 2. The number of benzene rings is 2. The Bertz CT molecular complexity index is 1270. The molecule has 0 saturated carbocycles. The lowest BCUT2D eigenvalue weighted by molar-refractivity contribution is -0.138. The average Bonchev–Trinajstić information content (AvgIpc) is 3.49. The van der Waals surface area contributed by atoms with Crippen molar-refractivity contribution in [2.24, 2.45) is 17.8 Å². The number of ether oxygens (including phenoxy) is 1. The van der Waals surface area contributed by atoms with Crippen molar-refractivity contribution in [2.75, 3.05) is 30.4 Å². The van der Waals surface area contributed by atoms with Gasteiger partial charge in [-0.3, -0.25) is 14.4 Å². The van der Waals surface area contributed by atoms with Crippen molar-refractivity contribution < 1.29 is 24.2 Å². The second-order valence-electron chi connectivity index (χ2n) is 10.9. The number of hydrogen-bond acceptors (Lipinski definition) is 6. The molecule has 1 spiro atoms. The number of thioether (sulfide) groups is 1. The maximum Gasteiger partial charge on any atom is 0.248 e. The van der Waals surface area contributed by atoms with Gasteiger partial charge in [0.1, 0.15) is 11.8 Å². The largest absolute Gasteiger partial charge is 0.494 e. The van der Waals surface area contributed by atoms with Gasteiger partial charge in [0, 0.05) is 29.8 Å². The molecular formula is C30H37N3O5S. The smallest absolute Gasteiger partial charge is 0.248 e. The number of fused-ring (bicyclic) bond motifs is 1. The van der Waals surface area contributed by atoms with E-state index in [1.807, 2.05) is 51.1 Å². The first kappa shape index (κ1) is 27.5. The molecule has 3 aliphatic heterocycles. The van der Waals surface area contributed by atoms with E-state index in [1.54, 1.807) is 28.8 Å². The molecule has 2 bridgehead atoms. The number of rotatable bonds is 9. The van der Waals surface area contributed by atoms with Crippen LogP contribution in [0.25, 0.3) is 0 Å². The van der Waals surface area contributed by atoms with Gasteiger partial charge in [-0.1, -0.05) is 19.1 Å². The van der Waals surface area contributed by atoms with E-state index < -0.39 is 22.6 Å². The molecule has 3 saturated heterocycles. The summed E-state index contributed by atoms with van der Waals surface area (Å²) in [6.45, 7) is 8.67. The Morgan fingerprint density at radius 1 is 1.13 bits per heavy atom. The molecule has 2 aromatic rings. The lowest BCUT2D eigenvalue weighted by Crippen LogP contribution is -2.55. The van der Waals surface area contributed by atoms with Crippen molar-refractivity contribution in [3.05, 3.63) is 53.6 Å². The predicted molar refractivity (Wildman–Crippen MR) is 153 cm³/mol. The number of nitrogens with one attached hydrogen (secondary N) is 2. The summed E-state index contributed by atoms with van der Waals surface area (Å²) in [5, 5.41) is 15.6. The fourth-order valence-corrected chi connectivity index (χ4v) is 9.12. The molecule has 0 aromatic heterocycles. The van der Waals surface area contributed by atoms with Gasteiger partial charge in [0.25, 0.3) is 0 Å². The molecule has 0 radical (unpaired) electrons. The van der Waals surface area contributed by atoms with Gasteiger partial charge in [-0.15, -0.1) is 11.8 Å². The fraction of sp³-hybridized carbons (Fsp3) is 0.500. The van der Waals surface area contributed by atoms with Crippen LogP contribution in [0.2, 0.25) is 0 Å². The first-order valence-electron chi connectivity index (χ1n) is 13.7. The molecule has 3 unspecified atom stereocenters. The van der Waals surface area contributed by atoms with Crippen LogP contribution in [-0.4, -0.2) is 63.5 Å². The van der Waals surface area contributed by atoms with E-state index in [2.05, 4.69) is 17.6 Å². The minimum absolute atomic E-state index is 0.0485. The van der Waals surface area contributed by atoms with E-state index in [1.165, 1.54) is 0 Å². The highest BCUT2D eigenvalue weighted by Crippen LogP contribution is 2.68. The molecule has 3 fully saturated rings. The van der Waals surface area contributed by atoms with Crippen molar-refractivity contribution in [1.29, 1.82) is 0 Å². The molecule has 39 heavy (non-hydrogen) atoms. The molecule has 0 aliphatic carbocycles. The lowest BCUT2D eigenvalue weighted by atomic mass is 9.66. The number of amides is 3. The van der Waals surface area contributed by atoms with Crippen molar-refractivity contribution in [3.63, 3.8) is 0 Å². The van der Waals surface area contributed by atoms with Crippen molar-refractivity contribution >= 4 is 40.9 Å². The van der Waals surface area contributed by atoms with E-state index in [4.69, 9.17) is 4.74 Å². The standard InChI is InChI=1S/C30H37N3O5S/c1-5-38-21-11-9-20(10-12-21)31-27(35)24-23-16-19(4)30(39-23)25(24)29(37)33(13-6-14-34)26(30)28(36)32-22-15-17(2)7-8-18(22)3/h7-12,15,19,23-26,34H,5-6,13-14,16H2,1-4H3,(H,31,35)(H,32,36)/t19?,23-,24+,25+,26?,30?/m1/s1. The SMILES string of the molecule is CCOc1ccc(NC(=O)[C@@H]2[C@H]3C(=O)N(CCCO)C(C(=O)Nc4cc(C)ccc4C)C34S[C@@H]2CC4C)cc1. The van der Waals surface area contributed by atoms with Crippen LogP contribution in [0.4, 0.5) is 11.4 Å². The number of aliphatic hydroxyl groups is 1. The number of nitrogens with zero attached hydrogens (tertiary/aromatic N) is 1. The normalized spacial score (nSPS) is 28.9. The summed E-state index contributed by atoms with van der Waals surface area (Å²) in [6, 6.07) is 12.4. The molecule has 3 N–H and O–H groups in total. The molecule has 2 aromatic carbocycles. The number of hydrogen-bond donors (Lipinski definition) is 3. The second kappa shape index (κ2) is 10.8. The van der Waals surface area contributed by atoms with Gasteiger partial charge >= 0.3 is 0 Å².